The van der Waals surface area contributed by atoms with Crippen LogP contribution in [-0.2, 0) is 20.8 Å². The lowest BCUT2D eigenvalue weighted by Crippen LogP contribution is -2.53. The van der Waals surface area contributed by atoms with E-state index in [1.165, 1.54) is 4.90 Å². The van der Waals surface area contributed by atoms with Gasteiger partial charge in [0.05, 0.1) is 6.04 Å². The van der Waals surface area contributed by atoms with Crippen molar-refractivity contribution in [3.8, 4) is 0 Å². The number of carbonyl (C=O) groups excluding carboxylic acids is 1. The fourth-order valence-corrected chi connectivity index (χ4v) is 3.65. The summed E-state index contributed by atoms with van der Waals surface area (Å²) in [5.74, 6) is -2.47. The maximum Gasteiger partial charge on any atom is 0.326 e. The standard InChI is InChI=1S/C19H23N3O5/c1-11(17(23)22-8-4-7-16(22)19(26)27)21-15(18(24)25)9-12-10-20-14-6-3-2-5-13(12)14/h2-3,5-6,10-11,15-16,20-21H,4,7-9H2,1H3,(H,24,25)(H,26,27)/t11?,15-,16-/m0/s1. The van der Waals surface area contributed by atoms with E-state index in [0.717, 1.165) is 16.5 Å². The zero-order valence-electron chi connectivity index (χ0n) is 15.0. The molecule has 1 unspecified atom stereocenters. The van der Waals surface area contributed by atoms with Crippen LogP contribution in [0.2, 0.25) is 0 Å². The van der Waals surface area contributed by atoms with Crippen molar-refractivity contribution in [2.75, 3.05) is 6.54 Å². The van der Waals surface area contributed by atoms with E-state index in [0.29, 0.717) is 19.4 Å². The summed E-state index contributed by atoms with van der Waals surface area (Å²) in [4.78, 5) is 40.1. The molecule has 27 heavy (non-hydrogen) atoms. The highest BCUT2D eigenvalue weighted by atomic mass is 16.4. The predicted octanol–water partition coefficient (Wildman–Crippen LogP) is 1.22. The summed E-state index contributed by atoms with van der Waals surface area (Å²) in [6.45, 7) is 1.95. The van der Waals surface area contributed by atoms with E-state index in [-0.39, 0.29) is 12.3 Å². The number of hydrogen-bond acceptors (Lipinski definition) is 4. The van der Waals surface area contributed by atoms with Gasteiger partial charge in [-0.15, -0.1) is 0 Å². The third-order valence-electron chi connectivity index (χ3n) is 5.04. The second kappa shape index (κ2) is 7.79. The van der Waals surface area contributed by atoms with Gasteiger partial charge in [-0.3, -0.25) is 14.9 Å². The van der Waals surface area contributed by atoms with E-state index in [1.54, 1.807) is 13.1 Å². The molecular weight excluding hydrogens is 350 g/mol. The molecule has 0 aliphatic carbocycles. The van der Waals surface area contributed by atoms with Crippen molar-refractivity contribution in [3.05, 3.63) is 36.0 Å². The minimum atomic E-state index is -1.06. The minimum absolute atomic E-state index is 0.208. The molecule has 0 saturated carbocycles. The molecule has 0 spiro atoms. The number of amides is 1. The number of likely N-dealkylation sites (tertiary alicyclic amines) is 1. The Morgan fingerprint density at radius 2 is 2.04 bits per heavy atom. The van der Waals surface area contributed by atoms with Crippen LogP contribution in [0.15, 0.2) is 30.5 Å². The second-order valence-electron chi connectivity index (χ2n) is 6.87. The Morgan fingerprint density at radius 1 is 1.30 bits per heavy atom. The molecule has 1 aromatic heterocycles. The fraction of sp³-hybridized carbons (Fsp3) is 0.421. The van der Waals surface area contributed by atoms with Gasteiger partial charge in [-0.1, -0.05) is 18.2 Å². The molecule has 4 N–H and O–H groups in total. The first-order valence-corrected chi connectivity index (χ1v) is 8.95. The van der Waals surface area contributed by atoms with Gasteiger partial charge in [0, 0.05) is 30.1 Å². The van der Waals surface area contributed by atoms with Crippen LogP contribution in [0.25, 0.3) is 10.9 Å². The zero-order valence-corrected chi connectivity index (χ0v) is 15.0. The van der Waals surface area contributed by atoms with Crippen molar-refractivity contribution in [1.82, 2.24) is 15.2 Å². The summed E-state index contributed by atoms with van der Waals surface area (Å²) in [7, 11) is 0. The number of aliphatic carboxylic acids is 2. The van der Waals surface area contributed by atoms with Gasteiger partial charge >= 0.3 is 11.9 Å². The number of para-hydroxylation sites is 1. The molecule has 8 heteroatoms. The van der Waals surface area contributed by atoms with Gasteiger partial charge < -0.3 is 20.1 Å². The van der Waals surface area contributed by atoms with Crippen LogP contribution in [0, 0.1) is 0 Å². The molecule has 1 aliphatic heterocycles. The van der Waals surface area contributed by atoms with Crippen molar-refractivity contribution in [2.24, 2.45) is 0 Å². The molecule has 2 heterocycles. The van der Waals surface area contributed by atoms with Gasteiger partial charge in [0.2, 0.25) is 5.91 Å². The highest BCUT2D eigenvalue weighted by Gasteiger charge is 2.36. The lowest BCUT2D eigenvalue weighted by atomic mass is 10.0. The molecule has 1 aromatic carbocycles. The molecule has 1 aliphatic rings. The molecule has 1 saturated heterocycles. The SMILES string of the molecule is CC(N[C@@H](Cc1c[nH]c2ccccc12)C(=O)O)C(=O)N1CCC[C@H]1C(=O)O. The average molecular weight is 373 g/mol. The van der Waals surface area contributed by atoms with Crippen LogP contribution in [0.1, 0.15) is 25.3 Å². The van der Waals surface area contributed by atoms with E-state index >= 15 is 0 Å². The summed E-state index contributed by atoms with van der Waals surface area (Å²) >= 11 is 0. The number of fused-ring (bicyclic) bond motifs is 1. The lowest BCUT2D eigenvalue weighted by molar-refractivity contribution is -0.149. The van der Waals surface area contributed by atoms with Crippen molar-refractivity contribution >= 4 is 28.7 Å². The molecule has 0 radical (unpaired) electrons. The van der Waals surface area contributed by atoms with E-state index < -0.39 is 30.1 Å². The molecule has 3 rings (SSSR count). The number of carbonyl (C=O) groups is 3. The third-order valence-corrected chi connectivity index (χ3v) is 5.04. The second-order valence-corrected chi connectivity index (χ2v) is 6.87. The van der Waals surface area contributed by atoms with Crippen LogP contribution in [0.4, 0.5) is 0 Å². The Bertz CT molecular complexity index is 862. The number of H-pyrrole nitrogens is 1. The monoisotopic (exact) mass is 373 g/mol. The molecule has 3 atom stereocenters. The largest absolute Gasteiger partial charge is 0.480 e. The number of carboxylic acid groups (broad SMARTS) is 2. The first-order valence-electron chi connectivity index (χ1n) is 8.95. The summed E-state index contributed by atoms with van der Waals surface area (Å²) < 4.78 is 0. The van der Waals surface area contributed by atoms with Crippen molar-refractivity contribution < 1.29 is 24.6 Å². The molecule has 1 amide bonds. The Morgan fingerprint density at radius 3 is 2.74 bits per heavy atom. The van der Waals surface area contributed by atoms with E-state index in [4.69, 9.17) is 0 Å². The topological polar surface area (TPSA) is 123 Å². The average Bonchev–Trinajstić information content (AvgIpc) is 3.27. The first kappa shape index (κ1) is 18.9. The van der Waals surface area contributed by atoms with Crippen molar-refractivity contribution in [2.45, 2.75) is 44.3 Å². The van der Waals surface area contributed by atoms with Crippen LogP contribution in [0.5, 0.6) is 0 Å². The first-order chi connectivity index (χ1) is 12.9. The number of aromatic amines is 1. The van der Waals surface area contributed by atoms with Crippen molar-refractivity contribution in [1.29, 1.82) is 0 Å². The van der Waals surface area contributed by atoms with E-state index in [1.807, 2.05) is 24.3 Å². The normalized spacial score (nSPS) is 19.1. The van der Waals surface area contributed by atoms with E-state index in [2.05, 4.69) is 10.3 Å². The Balaban J connectivity index is 1.71. The summed E-state index contributed by atoms with van der Waals surface area (Å²) in [6.07, 6.45) is 3.04. The number of carboxylic acids is 2. The minimum Gasteiger partial charge on any atom is -0.480 e. The number of benzene rings is 1. The number of nitrogens with one attached hydrogen (secondary N) is 2. The van der Waals surface area contributed by atoms with Crippen LogP contribution < -0.4 is 5.32 Å². The smallest absolute Gasteiger partial charge is 0.326 e. The van der Waals surface area contributed by atoms with Crippen LogP contribution >= 0.6 is 0 Å². The molecular formula is C19H23N3O5. The van der Waals surface area contributed by atoms with Crippen LogP contribution in [-0.4, -0.2) is 62.6 Å². The number of aromatic nitrogens is 1. The van der Waals surface area contributed by atoms with Gasteiger partial charge in [-0.05, 0) is 31.4 Å². The summed E-state index contributed by atoms with van der Waals surface area (Å²) in [5.41, 5.74) is 1.76. The molecule has 1 fully saturated rings. The Hall–Kier alpha value is -2.87. The van der Waals surface area contributed by atoms with E-state index in [9.17, 15) is 24.6 Å². The van der Waals surface area contributed by atoms with Crippen molar-refractivity contribution in [3.63, 3.8) is 0 Å². The highest BCUT2D eigenvalue weighted by Crippen LogP contribution is 2.21. The molecule has 0 bridgehead atoms. The lowest BCUT2D eigenvalue weighted by Gasteiger charge is -2.27. The van der Waals surface area contributed by atoms with Gasteiger partial charge in [0.15, 0.2) is 0 Å². The van der Waals surface area contributed by atoms with Gasteiger partial charge in [0.1, 0.15) is 12.1 Å². The molecule has 2 aromatic rings. The Labute approximate surface area is 156 Å². The number of nitrogens with zero attached hydrogens (tertiary/aromatic N) is 1. The quantitative estimate of drug-likeness (QED) is 0.579. The Kier molecular flexibility index (Phi) is 5.46. The fourth-order valence-electron chi connectivity index (χ4n) is 3.65. The predicted molar refractivity (Wildman–Crippen MR) is 98.4 cm³/mol. The molecule has 144 valence electrons. The molecule has 8 nitrogen and oxygen atoms in total. The van der Waals surface area contributed by atoms with Gasteiger partial charge in [-0.25, -0.2) is 4.79 Å². The van der Waals surface area contributed by atoms with Gasteiger partial charge in [0.25, 0.3) is 0 Å². The number of rotatable bonds is 7. The zero-order chi connectivity index (χ0) is 19.6. The number of hydrogen-bond donors (Lipinski definition) is 4. The van der Waals surface area contributed by atoms with Crippen LogP contribution in [0.3, 0.4) is 0 Å². The summed E-state index contributed by atoms with van der Waals surface area (Å²) in [6, 6.07) is 5.01. The van der Waals surface area contributed by atoms with Gasteiger partial charge in [-0.2, -0.15) is 0 Å². The maximum absolute atomic E-state index is 12.6. The summed E-state index contributed by atoms with van der Waals surface area (Å²) in [5, 5.41) is 22.6. The maximum atomic E-state index is 12.6. The highest BCUT2D eigenvalue weighted by molar-refractivity contribution is 5.88. The third kappa shape index (κ3) is 3.95.